The Hall–Kier alpha value is -4.79. The number of methoxy groups -OCH3 is 1. The first-order valence-corrected chi connectivity index (χ1v) is 15.1. The van der Waals surface area contributed by atoms with Gasteiger partial charge in [-0.1, -0.05) is 57.5 Å². The Bertz CT molecular complexity index is 1990. The molecule has 0 spiro atoms. The van der Waals surface area contributed by atoms with Crippen LogP contribution in [0.3, 0.4) is 0 Å². The van der Waals surface area contributed by atoms with Crippen molar-refractivity contribution in [2.75, 3.05) is 25.6 Å². The van der Waals surface area contributed by atoms with Gasteiger partial charge < -0.3 is 24.6 Å². The van der Waals surface area contributed by atoms with Crippen LogP contribution >= 0.6 is 27.3 Å². The first-order chi connectivity index (χ1) is 21.2. The first kappa shape index (κ1) is 30.7. The number of allylic oxidation sites excluding steroid dienone is 1. The summed E-state index contributed by atoms with van der Waals surface area (Å²) in [7, 11) is 1.52. The first-order valence-electron chi connectivity index (χ1n) is 13.5. The van der Waals surface area contributed by atoms with E-state index in [2.05, 4.69) is 27.2 Å². The van der Waals surface area contributed by atoms with Gasteiger partial charge in [-0.05, 0) is 61.9 Å². The average Bonchev–Trinajstić information content (AvgIpc) is 3.31. The zero-order valence-electron chi connectivity index (χ0n) is 24.1. The Morgan fingerprint density at radius 1 is 1.18 bits per heavy atom. The Morgan fingerprint density at radius 3 is 2.66 bits per heavy atom. The molecular formula is C33H28BrN3O6S. The van der Waals surface area contributed by atoms with Crippen molar-refractivity contribution in [3.8, 4) is 35.3 Å². The van der Waals surface area contributed by atoms with E-state index in [-0.39, 0.29) is 29.2 Å². The maximum absolute atomic E-state index is 14.2. The van der Waals surface area contributed by atoms with Crippen molar-refractivity contribution in [1.29, 1.82) is 0 Å². The number of aromatic nitrogens is 1. The van der Waals surface area contributed by atoms with Gasteiger partial charge >= 0.3 is 0 Å². The summed E-state index contributed by atoms with van der Waals surface area (Å²) in [5, 5.41) is 13.3. The SMILES string of the molecule is C#CCOc1c(/C=c2\sc3n(c2=O)[C@@H](c2ccc(O)c(OCC)c2)C(C(=O)Nc2ccccc2)=C(C)N=3)cc(Br)cc1OC. The fourth-order valence-electron chi connectivity index (χ4n) is 4.88. The van der Waals surface area contributed by atoms with E-state index in [1.54, 1.807) is 56.3 Å². The standard InChI is InChI=1S/C33H28BrN3O6S/c1-5-14-43-30-21(15-22(34)18-26(30)41-4)17-27-32(40)37-29(20-12-13-24(38)25(16-20)42-6-2)28(19(3)35-33(37)44-27)31(39)36-23-10-8-7-9-11-23/h1,7-13,15-18,29,38H,6,14H2,2-4H3,(H,36,39)/b27-17-/t29-/m0/s1. The van der Waals surface area contributed by atoms with Crippen LogP contribution < -0.4 is 34.4 Å². The summed E-state index contributed by atoms with van der Waals surface area (Å²) < 4.78 is 19.5. The number of ether oxygens (including phenoxy) is 3. The molecule has 0 radical (unpaired) electrons. The number of hydrogen-bond acceptors (Lipinski definition) is 8. The van der Waals surface area contributed by atoms with E-state index in [0.717, 1.165) is 0 Å². The van der Waals surface area contributed by atoms with Crippen LogP contribution in [0.4, 0.5) is 5.69 Å². The van der Waals surface area contributed by atoms with E-state index in [1.165, 1.54) is 29.1 Å². The quantitative estimate of drug-likeness (QED) is 0.248. The molecule has 2 N–H and O–H groups in total. The zero-order valence-corrected chi connectivity index (χ0v) is 26.5. The smallest absolute Gasteiger partial charge is 0.271 e. The number of phenolic OH excluding ortho intramolecular Hbond substituents is 1. The molecule has 0 bridgehead atoms. The molecule has 0 saturated heterocycles. The molecule has 4 aromatic rings. The van der Waals surface area contributed by atoms with Gasteiger partial charge in [0.15, 0.2) is 27.8 Å². The highest BCUT2D eigenvalue weighted by atomic mass is 79.9. The summed E-state index contributed by atoms with van der Waals surface area (Å²) in [6, 6.07) is 16.5. The van der Waals surface area contributed by atoms with Crippen LogP contribution in [0.2, 0.25) is 0 Å². The maximum atomic E-state index is 14.2. The van der Waals surface area contributed by atoms with Crippen molar-refractivity contribution >= 4 is 44.9 Å². The molecule has 0 unspecified atom stereocenters. The summed E-state index contributed by atoms with van der Waals surface area (Å²) in [6.07, 6.45) is 7.12. The van der Waals surface area contributed by atoms with Crippen molar-refractivity contribution in [3.05, 3.63) is 107 Å². The number of terminal acetylenes is 1. The van der Waals surface area contributed by atoms with Crippen molar-refractivity contribution < 1.29 is 24.1 Å². The van der Waals surface area contributed by atoms with Gasteiger partial charge in [-0.2, -0.15) is 0 Å². The minimum Gasteiger partial charge on any atom is -0.504 e. The Labute approximate surface area is 265 Å². The second-order valence-electron chi connectivity index (χ2n) is 9.58. The number of carbonyl (C=O) groups is 1. The van der Waals surface area contributed by atoms with E-state index in [0.29, 0.717) is 54.4 Å². The zero-order chi connectivity index (χ0) is 31.4. The van der Waals surface area contributed by atoms with Crippen LogP contribution in [0.1, 0.15) is 31.0 Å². The highest BCUT2D eigenvalue weighted by molar-refractivity contribution is 9.10. The molecule has 0 fully saturated rings. The molecule has 11 heteroatoms. The number of hydrogen-bond donors (Lipinski definition) is 2. The number of phenols is 1. The minimum atomic E-state index is -0.869. The second-order valence-corrected chi connectivity index (χ2v) is 11.5. The molecule has 1 aliphatic heterocycles. The molecule has 9 nitrogen and oxygen atoms in total. The van der Waals surface area contributed by atoms with Crippen LogP contribution in [-0.2, 0) is 4.79 Å². The van der Waals surface area contributed by atoms with Crippen LogP contribution in [0.5, 0.6) is 23.0 Å². The Kier molecular flexibility index (Phi) is 9.23. The number of fused-ring (bicyclic) bond motifs is 1. The lowest BCUT2D eigenvalue weighted by Gasteiger charge is -2.26. The van der Waals surface area contributed by atoms with Gasteiger partial charge in [0.2, 0.25) is 0 Å². The average molecular weight is 675 g/mol. The normalized spacial score (nSPS) is 14.3. The fourth-order valence-corrected chi connectivity index (χ4v) is 6.37. The predicted molar refractivity (Wildman–Crippen MR) is 173 cm³/mol. The molecule has 0 aliphatic carbocycles. The lowest BCUT2D eigenvalue weighted by Crippen LogP contribution is -2.40. The van der Waals surface area contributed by atoms with Gasteiger partial charge in [0.1, 0.15) is 6.61 Å². The summed E-state index contributed by atoms with van der Waals surface area (Å²) in [4.78, 5) is 33.1. The number of carbonyl (C=O) groups excluding carboxylic acids is 1. The molecule has 3 aromatic carbocycles. The molecule has 1 amide bonds. The number of thiazole rings is 1. The number of anilines is 1. The summed E-state index contributed by atoms with van der Waals surface area (Å²) >= 11 is 4.67. The predicted octanol–water partition coefficient (Wildman–Crippen LogP) is 4.76. The number of amides is 1. The van der Waals surface area contributed by atoms with Crippen LogP contribution in [0.15, 0.2) is 86.2 Å². The largest absolute Gasteiger partial charge is 0.504 e. The number of aromatic hydroxyl groups is 1. The molecule has 0 saturated carbocycles. The molecule has 2 heterocycles. The van der Waals surface area contributed by atoms with Crippen molar-refractivity contribution in [2.24, 2.45) is 4.99 Å². The second kappa shape index (κ2) is 13.2. The topological polar surface area (TPSA) is 111 Å². The third-order valence-electron chi connectivity index (χ3n) is 6.75. The number of nitrogens with zero attached hydrogens (tertiary/aromatic N) is 2. The van der Waals surface area contributed by atoms with Gasteiger partial charge in [-0.15, -0.1) is 6.42 Å². The number of rotatable bonds is 9. The summed E-state index contributed by atoms with van der Waals surface area (Å²) in [6.45, 7) is 3.85. The molecule has 1 aliphatic rings. The molecule has 1 aromatic heterocycles. The minimum absolute atomic E-state index is 0.00216. The molecular weight excluding hydrogens is 646 g/mol. The van der Waals surface area contributed by atoms with E-state index in [9.17, 15) is 14.7 Å². The fraction of sp³-hybridized carbons (Fsp3) is 0.182. The third-order valence-corrected chi connectivity index (χ3v) is 8.19. The number of benzene rings is 3. The Balaban J connectivity index is 1.72. The number of para-hydroxylation sites is 1. The van der Waals surface area contributed by atoms with Crippen LogP contribution in [0.25, 0.3) is 6.08 Å². The van der Waals surface area contributed by atoms with Gasteiger partial charge in [-0.3, -0.25) is 14.2 Å². The van der Waals surface area contributed by atoms with Crippen molar-refractivity contribution in [3.63, 3.8) is 0 Å². The molecule has 224 valence electrons. The van der Waals surface area contributed by atoms with Gasteiger partial charge in [0.05, 0.1) is 35.6 Å². The number of nitrogens with one attached hydrogen (secondary N) is 1. The van der Waals surface area contributed by atoms with Gasteiger partial charge in [0.25, 0.3) is 11.5 Å². The molecule has 1 atom stereocenters. The van der Waals surface area contributed by atoms with Gasteiger partial charge in [-0.25, -0.2) is 4.99 Å². The molecule has 5 rings (SSSR count). The summed E-state index contributed by atoms with van der Waals surface area (Å²) in [5.74, 6) is 3.05. The Morgan fingerprint density at radius 2 is 1.95 bits per heavy atom. The van der Waals surface area contributed by atoms with Crippen LogP contribution in [0, 0.1) is 12.3 Å². The van der Waals surface area contributed by atoms with Crippen molar-refractivity contribution in [2.45, 2.75) is 19.9 Å². The lowest BCUT2D eigenvalue weighted by molar-refractivity contribution is -0.113. The monoisotopic (exact) mass is 673 g/mol. The van der Waals surface area contributed by atoms with Crippen LogP contribution in [-0.4, -0.2) is 35.9 Å². The van der Waals surface area contributed by atoms with E-state index in [1.807, 2.05) is 18.2 Å². The third kappa shape index (κ3) is 6.13. The van der Waals surface area contributed by atoms with Crippen molar-refractivity contribution in [1.82, 2.24) is 4.57 Å². The highest BCUT2D eigenvalue weighted by Gasteiger charge is 2.33. The van der Waals surface area contributed by atoms with E-state index >= 15 is 0 Å². The lowest BCUT2D eigenvalue weighted by atomic mass is 9.94. The maximum Gasteiger partial charge on any atom is 0.271 e. The summed E-state index contributed by atoms with van der Waals surface area (Å²) in [5.41, 5.74) is 2.08. The van der Waals surface area contributed by atoms with Gasteiger partial charge in [0, 0.05) is 15.7 Å². The molecule has 44 heavy (non-hydrogen) atoms. The highest BCUT2D eigenvalue weighted by Crippen LogP contribution is 2.37. The number of halogens is 1. The van der Waals surface area contributed by atoms with E-state index < -0.39 is 11.9 Å². The van der Waals surface area contributed by atoms with E-state index in [4.69, 9.17) is 25.6 Å².